The smallest absolute Gasteiger partial charge is 0.311 e. The second kappa shape index (κ2) is 6.54. The normalized spacial score (nSPS) is 10.9. The number of nitrogens with one attached hydrogen (secondary N) is 1. The Morgan fingerprint density at radius 1 is 0.821 bits per heavy atom. The van der Waals surface area contributed by atoms with Crippen LogP contribution >= 0.6 is 0 Å². The second-order valence-electron chi connectivity index (χ2n) is 5.98. The number of nitrogens with zero attached hydrogens (tertiary/aromatic N) is 3. The van der Waals surface area contributed by atoms with Crippen molar-refractivity contribution in [3.05, 3.63) is 86.7 Å². The van der Waals surface area contributed by atoms with E-state index in [1.54, 1.807) is 36.4 Å². The molecule has 0 bridgehead atoms. The van der Waals surface area contributed by atoms with Crippen LogP contribution in [-0.4, -0.2) is 14.8 Å². The standard InChI is InChI=1S/C19H11FN4O4/c20-13-9-16(18(24(27)28)10-17(13)23(25)26)22-19-11-5-1-3-7-14(11)21-15-8-4-2-6-12(15)19/h1-10H,(H,21,22). The molecule has 0 radical (unpaired) electrons. The lowest BCUT2D eigenvalue weighted by Crippen LogP contribution is -2.02. The molecule has 4 aromatic rings. The van der Waals surface area contributed by atoms with Gasteiger partial charge in [0.15, 0.2) is 0 Å². The maximum absolute atomic E-state index is 14.2. The highest BCUT2D eigenvalue weighted by Crippen LogP contribution is 2.38. The summed E-state index contributed by atoms with van der Waals surface area (Å²) in [6.45, 7) is 0. The minimum atomic E-state index is -1.17. The molecular weight excluding hydrogens is 367 g/mol. The van der Waals surface area contributed by atoms with E-state index in [9.17, 15) is 24.6 Å². The third kappa shape index (κ3) is 2.84. The molecule has 0 aliphatic rings. The first-order valence-corrected chi connectivity index (χ1v) is 8.12. The summed E-state index contributed by atoms with van der Waals surface area (Å²) in [7, 11) is 0. The Labute approximate surface area is 156 Å². The van der Waals surface area contributed by atoms with Crippen molar-refractivity contribution in [3.8, 4) is 0 Å². The van der Waals surface area contributed by atoms with Gasteiger partial charge < -0.3 is 5.32 Å². The van der Waals surface area contributed by atoms with Crippen LogP contribution in [0.25, 0.3) is 21.8 Å². The van der Waals surface area contributed by atoms with Crippen LogP contribution in [0.15, 0.2) is 60.7 Å². The number of nitro groups is 2. The van der Waals surface area contributed by atoms with Crippen molar-refractivity contribution in [1.82, 2.24) is 4.98 Å². The van der Waals surface area contributed by atoms with Crippen molar-refractivity contribution in [2.45, 2.75) is 0 Å². The fourth-order valence-corrected chi connectivity index (χ4v) is 3.05. The van der Waals surface area contributed by atoms with E-state index in [1.807, 2.05) is 12.1 Å². The number of nitro benzene ring substituents is 2. The van der Waals surface area contributed by atoms with E-state index in [1.165, 1.54) is 0 Å². The fraction of sp³-hybridized carbons (Fsp3) is 0. The summed E-state index contributed by atoms with van der Waals surface area (Å²) in [6, 6.07) is 15.7. The summed E-state index contributed by atoms with van der Waals surface area (Å²) in [6.07, 6.45) is 0. The summed E-state index contributed by atoms with van der Waals surface area (Å²) in [5, 5.41) is 26.6. The Bertz CT molecular complexity index is 1220. The topological polar surface area (TPSA) is 111 Å². The number of halogens is 1. The van der Waals surface area contributed by atoms with Crippen LogP contribution in [0.1, 0.15) is 0 Å². The van der Waals surface area contributed by atoms with Crippen LogP contribution in [-0.2, 0) is 0 Å². The van der Waals surface area contributed by atoms with E-state index in [4.69, 9.17) is 0 Å². The first-order valence-electron chi connectivity index (χ1n) is 8.12. The lowest BCUT2D eigenvalue weighted by molar-refractivity contribution is -0.395. The molecule has 0 fully saturated rings. The van der Waals surface area contributed by atoms with Crippen molar-refractivity contribution < 1.29 is 14.2 Å². The minimum absolute atomic E-state index is 0.186. The van der Waals surface area contributed by atoms with Crippen molar-refractivity contribution >= 4 is 44.6 Å². The number of aromatic nitrogens is 1. The van der Waals surface area contributed by atoms with Gasteiger partial charge in [-0.05, 0) is 12.1 Å². The molecule has 0 aliphatic carbocycles. The number of rotatable bonds is 4. The number of para-hydroxylation sites is 2. The van der Waals surface area contributed by atoms with Crippen molar-refractivity contribution in [3.63, 3.8) is 0 Å². The van der Waals surface area contributed by atoms with E-state index in [0.29, 0.717) is 33.6 Å². The number of fused-ring (bicyclic) bond motifs is 2. The highest BCUT2D eigenvalue weighted by atomic mass is 19.1. The molecule has 28 heavy (non-hydrogen) atoms. The van der Waals surface area contributed by atoms with Gasteiger partial charge in [0, 0.05) is 16.8 Å². The Balaban J connectivity index is 1.98. The highest BCUT2D eigenvalue weighted by Gasteiger charge is 2.25. The molecule has 0 atom stereocenters. The molecule has 1 N–H and O–H groups in total. The second-order valence-corrected chi connectivity index (χ2v) is 5.98. The van der Waals surface area contributed by atoms with E-state index in [0.717, 1.165) is 6.07 Å². The van der Waals surface area contributed by atoms with Crippen LogP contribution in [0.2, 0.25) is 0 Å². The summed E-state index contributed by atoms with van der Waals surface area (Å²) in [4.78, 5) is 25.1. The van der Waals surface area contributed by atoms with Gasteiger partial charge in [0.2, 0.25) is 5.82 Å². The molecule has 1 heterocycles. The molecule has 138 valence electrons. The van der Waals surface area contributed by atoms with E-state index in [-0.39, 0.29) is 5.69 Å². The largest absolute Gasteiger partial charge is 0.349 e. The Kier molecular flexibility index (Phi) is 4.04. The zero-order valence-electron chi connectivity index (χ0n) is 14.1. The number of hydrogen-bond acceptors (Lipinski definition) is 6. The van der Waals surface area contributed by atoms with Crippen molar-refractivity contribution in [2.24, 2.45) is 0 Å². The molecule has 8 nitrogen and oxygen atoms in total. The first-order chi connectivity index (χ1) is 13.5. The Morgan fingerprint density at radius 3 is 1.89 bits per heavy atom. The maximum Gasteiger partial charge on any atom is 0.311 e. The van der Waals surface area contributed by atoms with Gasteiger partial charge in [-0.3, -0.25) is 20.2 Å². The van der Waals surface area contributed by atoms with Gasteiger partial charge in [0.05, 0.1) is 32.6 Å². The van der Waals surface area contributed by atoms with Crippen molar-refractivity contribution in [1.29, 1.82) is 0 Å². The lowest BCUT2D eigenvalue weighted by atomic mass is 10.1. The van der Waals surface area contributed by atoms with E-state index >= 15 is 0 Å². The zero-order chi connectivity index (χ0) is 19.8. The number of pyridine rings is 1. The molecule has 0 saturated carbocycles. The van der Waals surface area contributed by atoms with Gasteiger partial charge in [-0.1, -0.05) is 36.4 Å². The number of anilines is 2. The van der Waals surface area contributed by atoms with Crippen LogP contribution < -0.4 is 5.32 Å². The van der Waals surface area contributed by atoms with Gasteiger partial charge >= 0.3 is 5.69 Å². The third-order valence-corrected chi connectivity index (χ3v) is 4.31. The summed E-state index contributed by atoms with van der Waals surface area (Å²) < 4.78 is 14.2. The van der Waals surface area contributed by atoms with Gasteiger partial charge in [-0.15, -0.1) is 0 Å². The number of benzene rings is 3. The van der Waals surface area contributed by atoms with Crippen molar-refractivity contribution in [2.75, 3.05) is 5.32 Å². The monoisotopic (exact) mass is 378 g/mol. The fourth-order valence-electron chi connectivity index (χ4n) is 3.05. The lowest BCUT2D eigenvalue weighted by Gasteiger charge is -2.13. The highest BCUT2D eigenvalue weighted by molar-refractivity contribution is 6.09. The maximum atomic E-state index is 14.2. The van der Waals surface area contributed by atoms with Gasteiger partial charge in [-0.25, -0.2) is 4.98 Å². The Morgan fingerprint density at radius 2 is 1.36 bits per heavy atom. The van der Waals surface area contributed by atoms with Crippen LogP contribution in [0.3, 0.4) is 0 Å². The molecule has 0 amide bonds. The van der Waals surface area contributed by atoms with Crippen LogP contribution in [0.5, 0.6) is 0 Å². The SMILES string of the molecule is O=[N+]([O-])c1cc([N+](=O)[O-])c(Nc2c3ccccc3nc3ccccc23)cc1F. The summed E-state index contributed by atoms with van der Waals surface area (Å²) in [5.74, 6) is -1.17. The summed E-state index contributed by atoms with van der Waals surface area (Å²) >= 11 is 0. The van der Waals surface area contributed by atoms with Gasteiger partial charge in [-0.2, -0.15) is 4.39 Å². The molecule has 3 aromatic carbocycles. The molecule has 0 spiro atoms. The zero-order valence-corrected chi connectivity index (χ0v) is 14.1. The predicted molar refractivity (Wildman–Crippen MR) is 102 cm³/mol. The first kappa shape index (κ1) is 17.3. The van der Waals surface area contributed by atoms with Crippen LogP contribution in [0.4, 0.5) is 27.1 Å². The average molecular weight is 378 g/mol. The molecule has 0 unspecified atom stereocenters. The van der Waals surface area contributed by atoms with E-state index < -0.39 is 27.0 Å². The Hall–Kier alpha value is -4.14. The predicted octanol–water partition coefficient (Wildman–Crippen LogP) is 5.09. The van der Waals surface area contributed by atoms with Gasteiger partial charge in [0.25, 0.3) is 5.69 Å². The molecule has 0 aliphatic heterocycles. The average Bonchev–Trinajstić information content (AvgIpc) is 2.67. The molecule has 1 aromatic heterocycles. The number of hydrogen-bond donors (Lipinski definition) is 1. The van der Waals surface area contributed by atoms with Gasteiger partial charge in [0.1, 0.15) is 5.69 Å². The molecule has 0 saturated heterocycles. The third-order valence-electron chi connectivity index (χ3n) is 4.31. The van der Waals surface area contributed by atoms with Crippen LogP contribution in [0, 0.1) is 26.0 Å². The molecule has 9 heteroatoms. The quantitative estimate of drug-likeness (QED) is 0.301. The molecular formula is C19H11FN4O4. The minimum Gasteiger partial charge on any atom is -0.349 e. The summed E-state index contributed by atoms with van der Waals surface area (Å²) in [5.41, 5.74) is 0.0504. The van der Waals surface area contributed by atoms with E-state index in [2.05, 4.69) is 10.3 Å². The molecule has 4 rings (SSSR count).